The maximum absolute atomic E-state index is 11.3. The number of aromatic hydroxyl groups is 1. The second-order valence-corrected chi connectivity index (χ2v) is 3.47. The Morgan fingerprint density at radius 1 is 1.31 bits per heavy atom. The number of benzene rings is 1. The van der Waals surface area contributed by atoms with Gasteiger partial charge < -0.3 is 15.2 Å². The van der Waals surface area contributed by atoms with Crippen LogP contribution in [0, 0.1) is 0 Å². The smallest absolute Gasteiger partial charge is 0.352 e. The van der Waals surface area contributed by atoms with Crippen LogP contribution in [0.1, 0.15) is 27.8 Å². The van der Waals surface area contributed by atoms with Crippen molar-refractivity contribution in [2.24, 2.45) is 0 Å². The van der Waals surface area contributed by atoms with Gasteiger partial charge in [0, 0.05) is 10.9 Å². The molecule has 0 saturated heterocycles. The average molecular weight is 219 g/mol. The van der Waals surface area contributed by atoms with Crippen molar-refractivity contribution in [3.63, 3.8) is 0 Å². The minimum Gasteiger partial charge on any atom is -0.507 e. The number of phenols is 1. The van der Waals surface area contributed by atoms with Gasteiger partial charge in [-0.3, -0.25) is 4.79 Å². The third-order valence-corrected chi connectivity index (χ3v) is 2.38. The molecule has 5 nitrogen and oxygen atoms in total. The Balaban J connectivity index is 2.82. The highest BCUT2D eigenvalue weighted by Crippen LogP contribution is 2.28. The molecule has 0 saturated carbocycles. The van der Waals surface area contributed by atoms with E-state index >= 15 is 0 Å². The van der Waals surface area contributed by atoms with Gasteiger partial charge >= 0.3 is 5.97 Å². The number of fused-ring (bicyclic) bond motifs is 1. The number of rotatable bonds is 2. The number of carbonyl (C=O) groups excluding carboxylic acids is 1. The van der Waals surface area contributed by atoms with Crippen LogP contribution in [-0.4, -0.2) is 26.9 Å². The highest BCUT2D eigenvalue weighted by molar-refractivity contribution is 6.09. The zero-order chi connectivity index (χ0) is 11.9. The number of hydrogen-bond acceptors (Lipinski definition) is 3. The Bertz CT molecular complexity index is 597. The molecule has 5 heteroatoms. The lowest BCUT2D eigenvalue weighted by molar-refractivity contribution is 0.0691. The van der Waals surface area contributed by atoms with Gasteiger partial charge in [-0.15, -0.1) is 0 Å². The first kappa shape index (κ1) is 10.2. The molecule has 0 fully saturated rings. The van der Waals surface area contributed by atoms with Crippen molar-refractivity contribution in [1.82, 2.24) is 4.98 Å². The van der Waals surface area contributed by atoms with Gasteiger partial charge in [-0.05, 0) is 25.1 Å². The molecule has 3 N–H and O–H groups in total. The standard InChI is InChI=1S/C11H9NO4/c1-5(13)6-2-3-9(14)7-4-8(11(15)16)12-10(6)7/h2-4,12,14H,1H3,(H,15,16). The van der Waals surface area contributed by atoms with E-state index in [1.807, 2.05) is 0 Å². The van der Waals surface area contributed by atoms with Crippen LogP contribution < -0.4 is 0 Å². The van der Waals surface area contributed by atoms with Gasteiger partial charge in [0.1, 0.15) is 11.4 Å². The monoisotopic (exact) mass is 219 g/mol. The molecule has 0 unspecified atom stereocenters. The van der Waals surface area contributed by atoms with E-state index in [2.05, 4.69) is 4.98 Å². The number of carboxylic acid groups (broad SMARTS) is 1. The number of hydrogen-bond donors (Lipinski definition) is 3. The highest BCUT2D eigenvalue weighted by Gasteiger charge is 2.14. The maximum Gasteiger partial charge on any atom is 0.352 e. The fourth-order valence-corrected chi connectivity index (χ4v) is 1.61. The first-order valence-electron chi connectivity index (χ1n) is 4.59. The van der Waals surface area contributed by atoms with Gasteiger partial charge in [-0.25, -0.2) is 4.79 Å². The van der Waals surface area contributed by atoms with E-state index in [0.29, 0.717) is 16.5 Å². The summed E-state index contributed by atoms with van der Waals surface area (Å²) >= 11 is 0. The van der Waals surface area contributed by atoms with Gasteiger partial charge in [0.05, 0.1) is 5.52 Å². The molecule has 2 rings (SSSR count). The summed E-state index contributed by atoms with van der Waals surface area (Å²) in [6.07, 6.45) is 0. The molecule has 0 aliphatic heterocycles. The molecule has 0 bridgehead atoms. The number of nitrogens with one attached hydrogen (secondary N) is 1. The molecule has 1 aromatic heterocycles. The summed E-state index contributed by atoms with van der Waals surface area (Å²) in [5.41, 5.74) is 0.657. The molecule has 1 heterocycles. The summed E-state index contributed by atoms with van der Waals surface area (Å²) in [6.45, 7) is 1.38. The predicted octanol–water partition coefficient (Wildman–Crippen LogP) is 1.77. The Kier molecular flexibility index (Phi) is 2.16. The summed E-state index contributed by atoms with van der Waals surface area (Å²) in [4.78, 5) is 24.7. The summed E-state index contributed by atoms with van der Waals surface area (Å²) < 4.78 is 0. The van der Waals surface area contributed by atoms with Crippen LogP contribution in [-0.2, 0) is 0 Å². The van der Waals surface area contributed by atoms with E-state index in [0.717, 1.165) is 0 Å². The number of H-pyrrole nitrogens is 1. The Labute approximate surface area is 90.3 Å². The molecule has 0 radical (unpaired) electrons. The summed E-state index contributed by atoms with van der Waals surface area (Å²) in [5, 5.41) is 18.7. The van der Waals surface area contributed by atoms with Crippen molar-refractivity contribution in [3.8, 4) is 5.75 Å². The lowest BCUT2D eigenvalue weighted by Gasteiger charge is -1.99. The van der Waals surface area contributed by atoms with E-state index in [1.165, 1.54) is 25.1 Å². The van der Waals surface area contributed by atoms with Crippen LogP contribution in [0.4, 0.5) is 0 Å². The van der Waals surface area contributed by atoms with Gasteiger partial charge in [-0.1, -0.05) is 0 Å². The molecular formula is C11H9NO4. The second kappa shape index (κ2) is 3.37. The Hall–Kier alpha value is -2.30. The highest BCUT2D eigenvalue weighted by atomic mass is 16.4. The van der Waals surface area contributed by atoms with E-state index in [1.54, 1.807) is 0 Å². The molecule has 0 amide bonds. The van der Waals surface area contributed by atoms with Crippen LogP contribution in [0.5, 0.6) is 5.75 Å². The lowest BCUT2D eigenvalue weighted by Crippen LogP contribution is -1.96. The van der Waals surface area contributed by atoms with E-state index in [9.17, 15) is 14.7 Å². The normalized spacial score (nSPS) is 10.6. The van der Waals surface area contributed by atoms with Crippen molar-refractivity contribution >= 4 is 22.7 Å². The topological polar surface area (TPSA) is 90.4 Å². The number of ketones is 1. The van der Waals surface area contributed by atoms with Crippen LogP contribution >= 0.6 is 0 Å². The predicted molar refractivity (Wildman–Crippen MR) is 56.9 cm³/mol. The third-order valence-electron chi connectivity index (χ3n) is 2.38. The van der Waals surface area contributed by atoms with Crippen LogP contribution in [0.2, 0.25) is 0 Å². The Morgan fingerprint density at radius 3 is 2.56 bits per heavy atom. The average Bonchev–Trinajstić information content (AvgIpc) is 2.62. The first-order valence-corrected chi connectivity index (χ1v) is 4.59. The number of phenolic OH excluding ortho intramolecular Hbond substituents is 1. The fraction of sp³-hybridized carbons (Fsp3) is 0.0909. The van der Waals surface area contributed by atoms with Crippen molar-refractivity contribution < 1.29 is 19.8 Å². The van der Waals surface area contributed by atoms with Gasteiger partial charge in [0.2, 0.25) is 0 Å². The van der Waals surface area contributed by atoms with E-state index in [-0.39, 0.29) is 17.2 Å². The molecule has 0 aliphatic carbocycles. The molecule has 0 atom stereocenters. The minimum atomic E-state index is -1.13. The van der Waals surface area contributed by atoms with E-state index < -0.39 is 5.97 Å². The van der Waals surface area contributed by atoms with Gasteiger partial charge in [0.15, 0.2) is 5.78 Å². The maximum atomic E-state index is 11.3. The molecule has 16 heavy (non-hydrogen) atoms. The van der Waals surface area contributed by atoms with Crippen LogP contribution in [0.15, 0.2) is 18.2 Å². The summed E-state index contributed by atoms with van der Waals surface area (Å²) in [7, 11) is 0. The molecule has 1 aromatic carbocycles. The van der Waals surface area contributed by atoms with Crippen molar-refractivity contribution in [1.29, 1.82) is 0 Å². The molecule has 82 valence electrons. The number of Topliss-reactive ketones (excluding diaryl/α,β-unsaturated/α-hetero) is 1. The first-order chi connectivity index (χ1) is 7.50. The molecule has 0 aliphatic rings. The van der Waals surface area contributed by atoms with Crippen molar-refractivity contribution in [2.45, 2.75) is 6.92 Å². The quantitative estimate of drug-likeness (QED) is 0.671. The SMILES string of the molecule is CC(=O)c1ccc(O)c2cc(C(=O)O)[nH]c12. The Morgan fingerprint density at radius 2 is 2.00 bits per heavy atom. The van der Waals surface area contributed by atoms with Gasteiger partial charge in [-0.2, -0.15) is 0 Å². The van der Waals surface area contributed by atoms with Crippen molar-refractivity contribution in [2.75, 3.05) is 0 Å². The minimum absolute atomic E-state index is 0.0521. The van der Waals surface area contributed by atoms with E-state index in [4.69, 9.17) is 5.11 Å². The molecular weight excluding hydrogens is 210 g/mol. The zero-order valence-electron chi connectivity index (χ0n) is 8.44. The van der Waals surface area contributed by atoms with Crippen LogP contribution in [0.25, 0.3) is 10.9 Å². The summed E-state index contributed by atoms with van der Waals surface area (Å²) in [5.74, 6) is -1.38. The number of aromatic amines is 1. The van der Waals surface area contributed by atoms with Crippen LogP contribution in [0.3, 0.4) is 0 Å². The lowest BCUT2D eigenvalue weighted by atomic mass is 10.1. The number of carbonyl (C=O) groups is 2. The number of aromatic carboxylic acids is 1. The van der Waals surface area contributed by atoms with Crippen molar-refractivity contribution in [3.05, 3.63) is 29.5 Å². The largest absolute Gasteiger partial charge is 0.507 e. The number of carboxylic acids is 1. The second-order valence-electron chi connectivity index (χ2n) is 3.47. The third kappa shape index (κ3) is 1.42. The zero-order valence-corrected chi connectivity index (χ0v) is 8.44. The number of aromatic nitrogens is 1. The molecule has 0 spiro atoms. The summed E-state index contributed by atoms with van der Waals surface area (Å²) in [6, 6.07) is 4.14. The molecule has 2 aromatic rings. The van der Waals surface area contributed by atoms with Gasteiger partial charge in [0.25, 0.3) is 0 Å². The fourth-order valence-electron chi connectivity index (χ4n) is 1.61.